The van der Waals surface area contributed by atoms with Gasteiger partial charge < -0.3 is 9.84 Å². The van der Waals surface area contributed by atoms with Gasteiger partial charge in [-0.25, -0.2) is 4.79 Å². The van der Waals surface area contributed by atoms with E-state index in [2.05, 4.69) is 20.8 Å². The third-order valence-electron chi connectivity index (χ3n) is 2.91. The average Bonchev–Trinajstić information content (AvgIpc) is 2.27. The van der Waals surface area contributed by atoms with E-state index >= 15 is 0 Å². The minimum atomic E-state index is -0.943. The lowest BCUT2D eigenvalue weighted by Crippen LogP contribution is -2.11. The summed E-state index contributed by atoms with van der Waals surface area (Å²) >= 11 is 0. The van der Waals surface area contributed by atoms with Gasteiger partial charge in [0.05, 0.1) is 6.61 Å². The predicted octanol–water partition coefficient (Wildman–Crippen LogP) is 3.87. The molecule has 0 radical (unpaired) electrons. The summed E-state index contributed by atoms with van der Waals surface area (Å²) in [6, 6.07) is 5.96. The summed E-state index contributed by atoms with van der Waals surface area (Å²) in [6.07, 6.45) is 1.21. The second-order valence-corrected chi connectivity index (χ2v) is 5.56. The summed E-state index contributed by atoms with van der Waals surface area (Å²) in [5.74, 6) is -0.216. The SMILES string of the molecule is CCOc1ccc(C(C)(C)C)cc1/C(C)=C/C(=O)O. The molecule has 0 fully saturated rings. The number of rotatable bonds is 4. The van der Waals surface area contributed by atoms with E-state index in [0.29, 0.717) is 12.2 Å². The van der Waals surface area contributed by atoms with Crippen LogP contribution < -0.4 is 4.74 Å². The van der Waals surface area contributed by atoms with E-state index in [1.54, 1.807) is 6.92 Å². The molecule has 0 unspecified atom stereocenters. The first kappa shape index (κ1) is 15.3. The van der Waals surface area contributed by atoms with Crippen molar-refractivity contribution >= 4 is 11.5 Å². The molecule has 1 aromatic carbocycles. The van der Waals surface area contributed by atoms with Crippen LogP contribution in [0.25, 0.3) is 5.57 Å². The number of carboxylic acids is 1. The van der Waals surface area contributed by atoms with Gasteiger partial charge in [0.2, 0.25) is 0 Å². The van der Waals surface area contributed by atoms with Crippen molar-refractivity contribution in [1.29, 1.82) is 0 Å². The molecule has 3 heteroatoms. The lowest BCUT2D eigenvalue weighted by Gasteiger charge is -2.21. The van der Waals surface area contributed by atoms with Crippen molar-refractivity contribution in [3.63, 3.8) is 0 Å². The molecule has 19 heavy (non-hydrogen) atoms. The Morgan fingerprint density at radius 2 is 2.00 bits per heavy atom. The van der Waals surface area contributed by atoms with Gasteiger partial charge in [-0.2, -0.15) is 0 Å². The molecule has 104 valence electrons. The van der Waals surface area contributed by atoms with Crippen molar-refractivity contribution in [3.05, 3.63) is 35.4 Å². The van der Waals surface area contributed by atoms with E-state index in [-0.39, 0.29) is 5.41 Å². The van der Waals surface area contributed by atoms with Crippen molar-refractivity contribution in [3.8, 4) is 5.75 Å². The molecule has 0 aliphatic rings. The number of carboxylic acid groups (broad SMARTS) is 1. The van der Waals surface area contributed by atoms with Crippen LogP contribution in [0, 0.1) is 0 Å². The van der Waals surface area contributed by atoms with Crippen LogP contribution in [0.15, 0.2) is 24.3 Å². The maximum absolute atomic E-state index is 10.8. The standard InChI is InChI=1S/C16H22O3/c1-6-19-14-8-7-12(16(3,4)5)10-13(14)11(2)9-15(17)18/h7-10H,6H2,1-5H3,(H,17,18)/b11-9+. The molecule has 1 N–H and O–H groups in total. The predicted molar refractivity (Wildman–Crippen MR) is 77.6 cm³/mol. The maximum Gasteiger partial charge on any atom is 0.328 e. The van der Waals surface area contributed by atoms with E-state index < -0.39 is 5.97 Å². The van der Waals surface area contributed by atoms with Crippen molar-refractivity contribution in [2.24, 2.45) is 0 Å². The molecule has 3 nitrogen and oxygen atoms in total. The van der Waals surface area contributed by atoms with Gasteiger partial charge in [0.15, 0.2) is 0 Å². The van der Waals surface area contributed by atoms with Crippen molar-refractivity contribution in [1.82, 2.24) is 0 Å². The third kappa shape index (κ3) is 4.12. The largest absolute Gasteiger partial charge is 0.493 e. The molecule has 0 saturated heterocycles. The third-order valence-corrected chi connectivity index (χ3v) is 2.91. The highest BCUT2D eigenvalue weighted by atomic mass is 16.5. The summed E-state index contributed by atoms with van der Waals surface area (Å²) < 4.78 is 5.57. The highest BCUT2D eigenvalue weighted by molar-refractivity contribution is 5.90. The average molecular weight is 262 g/mol. The number of benzene rings is 1. The van der Waals surface area contributed by atoms with Gasteiger partial charge in [0.1, 0.15) is 5.75 Å². The van der Waals surface area contributed by atoms with Crippen LogP contribution in [-0.4, -0.2) is 17.7 Å². The number of allylic oxidation sites excluding steroid dienone is 1. The highest BCUT2D eigenvalue weighted by Gasteiger charge is 2.16. The second kappa shape index (κ2) is 5.91. The van der Waals surface area contributed by atoms with E-state index in [9.17, 15) is 4.79 Å². The molecule has 1 aromatic rings. The number of hydrogen-bond acceptors (Lipinski definition) is 2. The van der Waals surface area contributed by atoms with Gasteiger partial charge in [0, 0.05) is 11.6 Å². The van der Waals surface area contributed by atoms with Crippen LogP contribution >= 0.6 is 0 Å². The van der Waals surface area contributed by atoms with Crippen molar-refractivity contribution in [2.45, 2.75) is 40.0 Å². The Bertz CT molecular complexity index is 493. The first-order valence-electron chi connectivity index (χ1n) is 6.44. The summed E-state index contributed by atoms with van der Waals surface area (Å²) in [5, 5.41) is 8.88. The Hall–Kier alpha value is -1.77. The Labute approximate surface area is 114 Å². The van der Waals surface area contributed by atoms with Crippen LogP contribution in [0.2, 0.25) is 0 Å². The highest BCUT2D eigenvalue weighted by Crippen LogP contribution is 2.32. The van der Waals surface area contributed by atoms with Gasteiger partial charge in [0.25, 0.3) is 0 Å². The lowest BCUT2D eigenvalue weighted by molar-refractivity contribution is -0.131. The molecule has 0 atom stereocenters. The van der Waals surface area contributed by atoms with Gasteiger partial charge >= 0.3 is 5.97 Å². The zero-order valence-electron chi connectivity index (χ0n) is 12.3. The van der Waals surface area contributed by atoms with Crippen LogP contribution in [0.1, 0.15) is 45.7 Å². The Morgan fingerprint density at radius 3 is 2.47 bits per heavy atom. The first-order chi connectivity index (χ1) is 8.75. The molecule has 0 aliphatic heterocycles. The molecule has 1 rings (SSSR count). The number of aliphatic carboxylic acids is 1. The molecule has 0 aromatic heterocycles. The summed E-state index contributed by atoms with van der Waals surface area (Å²) in [6.45, 7) is 10.6. The summed E-state index contributed by atoms with van der Waals surface area (Å²) in [5.41, 5.74) is 2.71. The minimum Gasteiger partial charge on any atom is -0.493 e. The normalized spacial score (nSPS) is 12.4. The first-order valence-corrected chi connectivity index (χ1v) is 6.44. The molecule has 0 bridgehead atoms. The van der Waals surface area contributed by atoms with E-state index in [1.165, 1.54) is 6.08 Å². The minimum absolute atomic E-state index is 0.0169. The molecule has 0 aliphatic carbocycles. The Kier molecular flexibility index (Phi) is 4.76. The molecule has 0 spiro atoms. The van der Waals surface area contributed by atoms with E-state index in [0.717, 1.165) is 16.9 Å². The summed E-state index contributed by atoms with van der Waals surface area (Å²) in [7, 11) is 0. The molecule has 0 saturated carbocycles. The lowest BCUT2D eigenvalue weighted by atomic mass is 9.85. The Balaban J connectivity index is 3.35. The fourth-order valence-corrected chi connectivity index (χ4v) is 1.85. The molecular weight excluding hydrogens is 240 g/mol. The van der Waals surface area contributed by atoms with Crippen molar-refractivity contribution in [2.75, 3.05) is 6.61 Å². The fourth-order valence-electron chi connectivity index (χ4n) is 1.85. The molecular formula is C16H22O3. The van der Waals surface area contributed by atoms with Gasteiger partial charge in [-0.05, 0) is 42.5 Å². The Morgan fingerprint density at radius 1 is 1.37 bits per heavy atom. The molecule has 0 heterocycles. The van der Waals surface area contributed by atoms with Crippen LogP contribution in [0.3, 0.4) is 0 Å². The number of hydrogen-bond donors (Lipinski definition) is 1. The van der Waals surface area contributed by atoms with E-state index in [4.69, 9.17) is 9.84 Å². The van der Waals surface area contributed by atoms with Crippen LogP contribution in [0.4, 0.5) is 0 Å². The zero-order chi connectivity index (χ0) is 14.6. The maximum atomic E-state index is 10.8. The smallest absolute Gasteiger partial charge is 0.328 e. The number of carbonyl (C=O) groups is 1. The monoisotopic (exact) mass is 262 g/mol. The van der Waals surface area contributed by atoms with Gasteiger partial charge in [-0.3, -0.25) is 0 Å². The van der Waals surface area contributed by atoms with Gasteiger partial charge in [-0.15, -0.1) is 0 Å². The number of ether oxygens (including phenoxy) is 1. The topological polar surface area (TPSA) is 46.5 Å². The van der Waals surface area contributed by atoms with Gasteiger partial charge in [-0.1, -0.05) is 26.8 Å². The van der Waals surface area contributed by atoms with Crippen LogP contribution in [0.5, 0.6) is 5.75 Å². The van der Waals surface area contributed by atoms with Crippen molar-refractivity contribution < 1.29 is 14.6 Å². The second-order valence-electron chi connectivity index (χ2n) is 5.56. The van der Waals surface area contributed by atoms with E-state index in [1.807, 2.05) is 25.1 Å². The quantitative estimate of drug-likeness (QED) is 0.838. The van der Waals surface area contributed by atoms with Crippen LogP contribution in [-0.2, 0) is 10.2 Å². The molecule has 0 amide bonds. The zero-order valence-corrected chi connectivity index (χ0v) is 12.3. The fraction of sp³-hybridized carbons (Fsp3) is 0.438. The summed E-state index contributed by atoms with van der Waals surface area (Å²) in [4.78, 5) is 10.8.